The minimum absolute atomic E-state index is 0.134. The number of hydrogen-bond acceptors (Lipinski definition) is 4. The van der Waals surface area contributed by atoms with E-state index in [9.17, 15) is 19.8 Å². The molecule has 5 nitrogen and oxygen atoms in total. The van der Waals surface area contributed by atoms with Gasteiger partial charge in [-0.15, -0.1) is 0 Å². The highest BCUT2D eigenvalue weighted by Gasteiger charge is 2.18. The molecule has 0 saturated carbocycles. The summed E-state index contributed by atoms with van der Waals surface area (Å²) in [6.45, 7) is 2.24. The van der Waals surface area contributed by atoms with Crippen LogP contribution in [-0.4, -0.2) is 11.5 Å². The Balaban J connectivity index is 2.56. The largest absolute Gasteiger partial charge is 0.338 e. The van der Waals surface area contributed by atoms with Gasteiger partial charge in [-0.3, -0.25) is 10.1 Å². The zero-order chi connectivity index (χ0) is 15.4. The molecule has 0 fully saturated rings. The average Bonchev–Trinajstić information content (AvgIpc) is 2.49. The first-order chi connectivity index (χ1) is 10.1. The van der Waals surface area contributed by atoms with Crippen molar-refractivity contribution in [1.82, 2.24) is 0 Å². The van der Waals surface area contributed by atoms with Crippen molar-refractivity contribution in [3.05, 3.63) is 64.0 Å². The summed E-state index contributed by atoms with van der Waals surface area (Å²) in [6.07, 6.45) is 0. The quantitative estimate of drug-likeness (QED) is 0.633. The van der Waals surface area contributed by atoms with E-state index >= 15 is 0 Å². The maximum atomic E-state index is 13.9. The van der Waals surface area contributed by atoms with Crippen LogP contribution in [0.1, 0.15) is 12.5 Å². The van der Waals surface area contributed by atoms with Gasteiger partial charge < -0.3 is 4.90 Å². The molecular formula is C15H12FN3O2. The van der Waals surface area contributed by atoms with E-state index in [2.05, 4.69) is 0 Å². The lowest BCUT2D eigenvalue weighted by Gasteiger charge is -2.24. The Hall–Kier alpha value is -2.94. The van der Waals surface area contributed by atoms with Gasteiger partial charge in [0.05, 0.1) is 21.9 Å². The molecule has 0 aromatic heterocycles. The van der Waals surface area contributed by atoms with Gasteiger partial charge in [-0.1, -0.05) is 12.1 Å². The Labute approximate surface area is 121 Å². The average molecular weight is 285 g/mol. The Kier molecular flexibility index (Phi) is 4.14. The molecule has 0 aliphatic carbocycles. The second-order valence-electron chi connectivity index (χ2n) is 4.27. The summed E-state index contributed by atoms with van der Waals surface area (Å²) >= 11 is 0. The van der Waals surface area contributed by atoms with Crippen molar-refractivity contribution < 1.29 is 9.31 Å². The van der Waals surface area contributed by atoms with Crippen molar-refractivity contribution in [1.29, 1.82) is 5.26 Å². The van der Waals surface area contributed by atoms with Crippen LogP contribution in [-0.2, 0) is 0 Å². The Bertz CT molecular complexity index is 725. The van der Waals surface area contributed by atoms with Gasteiger partial charge in [0, 0.05) is 18.7 Å². The van der Waals surface area contributed by atoms with E-state index in [1.807, 2.05) is 13.0 Å². The predicted octanol–water partition coefficient (Wildman–Crippen LogP) is 3.76. The van der Waals surface area contributed by atoms with Crippen LogP contribution in [0.5, 0.6) is 0 Å². The highest BCUT2D eigenvalue weighted by molar-refractivity contribution is 5.71. The molecule has 0 spiro atoms. The highest BCUT2D eigenvalue weighted by Crippen LogP contribution is 2.32. The topological polar surface area (TPSA) is 70.2 Å². The number of non-ortho nitro benzene ring substituents is 1. The standard InChI is InChI=1S/C15H12FN3O2/c1-2-18(15-6-4-3-5-13(15)16)14-8-7-12(19(20)21)9-11(14)10-17/h3-9H,2H2,1H3. The van der Waals surface area contributed by atoms with Gasteiger partial charge in [0.15, 0.2) is 0 Å². The van der Waals surface area contributed by atoms with Gasteiger partial charge in [0.1, 0.15) is 11.9 Å². The molecule has 2 rings (SSSR count). The third-order valence-corrected chi connectivity index (χ3v) is 3.06. The summed E-state index contributed by atoms with van der Waals surface area (Å²) < 4.78 is 13.9. The zero-order valence-corrected chi connectivity index (χ0v) is 11.3. The molecule has 0 bridgehead atoms. The smallest absolute Gasteiger partial charge is 0.270 e. The van der Waals surface area contributed by atoms with E-state index in [1.54, 1.807) is 23.1 Å². The van der Waals surface area contributed by atoms with E-state index in [0.29, 0.717) is 17.9 Å². The second kappa shape index (κ2) is 6.01. The maximum Gasteiger partial charge on any atom is 0.270 e. The van der Waals surface area contributed by atoms with Crippen LogP contribution in [0.3, 0.4) is 0 Å². The molecule has 21 heavy (non-hydrogen) atoms. The number of anilines is 2. The molecule has 0 amide bonds. The van der Waals surface area contributed by atoms with Crippen LogP contribution in [0.15, 0.2) is 42.5 Å². The summed E-state index contributed by atoms with van der Waals surface area (Å²) in [6, 6.07) is 12.1. The lowest BCUT2D eigenvalue weighted by atomic mass is 10.1. The molecule has 2 aromatic rings. The van der Waals surface area contributed by atoms with Crippen LogP contribution >= 0.6 is 0 Å². The number of nitrogens with zero attached hydrogens (tertiary/aromatic N) is 3. The van der Waals surface area contributed by atoms with Crippen LogP contribution < -0.4 is 4.90 Å². The van der Waals surface area contributed by atoms with Crippen molar-refractivity contribution >= 4 is 17.1 Å². The van der Waals surface area contributed by atoms with Gasteiger partial charge in [-0.25, -0.2) is 4.39 Å². The first-order valence-electron chi connectivity index (χ1n) is 6.29. The third kappa shape index (κ3) is 2.82. The van der Waals surface area contributed by atoms with Gasteiger partial charge >= 0.3 is 0 Å². The number of benzene rings is 2. The van der Waals surface area contributed by atoms with Gasteiger partial charge in [-0.2, -0.15) is 5.26 Å². The first kappa shape index (κ1) is 14.5. The lowest BCUT2D eigenvalue weighted by molar-refractivity contribution is -0.384. The van der Waals surface area contributed by atoms with E-state index in [0.717, 1.165) is 0 Å². The molecule has 0 saturated heterocycles. The summed E-state index contributed by atoms with van der Waals surface area (Å²) in [5.41, 5.74) is 0.732. The van der Waals surface area contributed by atoms with E-state index in [4.69, 9.17) is 0 Å². The first-order valence-corrected chi connectivity index (χ1v) is 6.29. The van der Waals surface area contributed by atoms with E-state index in [-0.39, 0.29) is 11.3 Å². The van der Waals surface area contributed by atoms with E-state index in [1.165, 1.54) is 24.3 Å². The predicted molar refractivity (Wildman–Crippen MR) is 76.9 cm³/mol. The third-order valence-electron chi connectivity index (χ3n) is 3.06. The number of rotatable bonds is 4. The fourth-order valence-electron chi connectivity index (χ4n) is 2.10. The molecule has 6 heteroatoms. The second-order valence-corrected chi connectivity index (χ2v) is 4.27. The molecule has 0 atom stereocenters. The molecule has 0 aliphatic rings. The monoisotopic (exact) mass is 285 g/mol. The van der Waals surface area contributed by atoms with Gasteiger partial charge in [-0.05, 0) is 25.1 Å². The minimum Gasteiger partial charge on any atom is -0.338 e. The maximum absolute atomic E-state index is 13.9. The molecule has 0 N–H and O–H groups in total. The molecular weight excluding hydrogens is 273 g/mol. The molecule has 0 radical (unpaired) electrons. The molecule has 0 aliphatic heterocycles. The minimum atomic E-state index is -0.565. The summed E-state index contributed by atoms with van der Waals surface area (Å²) in [4.78, 5) is 11.8. The Morgan fingerprint density at radius 3 is 2.57 bits per heavy atom. The number of halogens is 1. The zero-order valence-electron chi connectivity index (χ0n) is 11.3. The van der Waals surface area contributed by atoms with Crippen molar-refractivity contribution in [3.63, 3.8) is 0 Å². The normalized spacial score (nSPS) is 9.95. The summed E-state index contributed by atoms with van der Waals surface area (Å²) in [5.74, 6) is -0.415. The number of nitro benzene ring substituents is 1. The van der Waals surface area contributed by atoms with Crippen molar-refractivity contribution in [2.24, 2.45) is 0 Å². The Morgan fingerprint density at radius 2 is 2.00 bits per heavy atom. The molecule has 106 valence electrons. The number of nitro groups is 1. The van der Waals surface area contributed by atoms with Crippen molar-refractivity contribution in [3.8, 4) is 6.07 Å². The van der Waals surface area contributed by atoms with Crippen LogP contribution in [0.25, 0.3) is 0 Å². The highest BCUT2D eigenvalue weighted by atomic mass is 19.1. The fraction of sp³-hybridized carbons (Fsp3) is 0.133. The molecule has 0 heterocycles. The summed E-state index contributed by atoms with van der Waals surface area (Å²) in [7, 11) is 0. The van der Waals surface area contributed by atoms with Crippen LogP contribution in [0.4, 0.5) is 21.5 Å². The fourth-order valence-corrected chi connectivity index (χ4v) is 2.10. The van der Waals surface area contributed by atoms with Gasteiger partial charge in [0.2, 0.25) is 0 Å². The summed E-state index contributed by atoms with van der Waals surface area (Å²) in [5, 5.41) is 20.0. The van der Waals surface area contributed by atoms with Crippen molar-refractivity contribution in [2.45, 2.75) is 6.92 Å². The SMILES string of the molecule is CCN(c1ccccc1F)c1ccc([N+](=O)[O-])cc1C#N. The molecule has 2 aromatic carbocycles. The van der Waals surface area contributed by atoms with Crippen LogP contribution in [0, 0.1) is 27.3 Å². The number of nitriles is 1. The number of para-hydroxylation sites is 1. The van der Waals surface area contributed by atoms with Crippen LogP contribution in [0.2, 0.25) is 0 Å². The Morgan fingerprint density at radius 1 is 1.29 bits per heavy atom. The van der Waals surface area contributed by atoms with Crippen molar-refractivity contribution in [2.75, 3.05) is 11.4 Å². The molecule has 0 unspecified atom stereocenters. The number of hydrogen-bond donors (Lipinski definition) is 0. The van der Waals surface area contributed by atoms with Gasteiger partial charge in [0.25, 0.3) is 5.69 Å². The van der Waals surface area contributed by atoms with E-state index < -0.39 is 10.7 Å². The lowest BCUT2D eigenvalue weighted by Crippen LogP contribution is -2.18.